The van der Waals surface area contributed by atoms with Gasteiger partial charge in [-0.05, 0) is 112 Å². The Hall–Kier alpha value is -6.72. The zero-order valence-electron chi connectivity index (χ0n) is 25.4. The van der Waals surface area contributed by atoms with E-state index in [1.165, 1.54) is 4.90 Å². The van der Waals surface area contributed by atoms with Gasteiger partial charge in [0.2, 0.25) is 0 Å². The maximum Gasteiger partial charge on any atom is 0.265 e. The number of rotatable bonds is 5. The van der Waals surface area contributed by atoms with Gasteiger partial charge < -0.3 is 9.47 Å². The first-order chi connectivity index (χ1) is 23.4. The fraction of sp³-hybridized carbons (Fsp3) is 0.0500. The second-order valence-electron chi connectivity index (χ2n) is 11.7. The van der Waals surface area contributed by atoms with Crippen molar-refractivity contribution in [3.63, 3.8) is 0 Å². The van der Waals surface area contributed by atoms with Crippen molar-refractivity contribution in [2.75, 3.05) is 16.4 Å². The van der Waals surface area contributed by atoms with Crippen LogP contribution < -0.4 is 19.3 Å². The number of anilines is 2. The fourth-order valence-corrected chi connectivity index (χ4v) is 7.33. The van der Waals surface area contributed by atoms with Crippen LogP contribution in [0.25, 0.3) is 43.1 Å². The highest BCUT2D eigenvalue weighted by Gasteiger charge is 2.38. The number of carbonyl (C=O) groups excluding carboxylic acids is 4. The molecule has 4 amide bonds. The molecule has 0 spiro atoms. The first-order valence-electron chi connectivity index (χ1n) is 15.3. The Labute approximate surface area is 276 Å². The molecule has 48 heavy (non-hydrogen) atoms. The number of ether oxygens (including phenoxy) is 2. The van der Waals surface area contributed by atoms with Crippen molar-refractivity contribution in [2.24, 2.45) is 0 Å². The lowest BCUT2D eigenvalue weighted by atomic mass is 9.82. The Morgan fingerprint density at radius 3 is 1.21 bits per heavy atom. The first kappa shape index (κ1) is 27.6. The Balaban J connectivity index is 0.00000196. The molecule has 8 nitrogen and oxygen atoms in total. The number of terminal acetylenes is 1. The lowest BCUT2D eigenvalue weighted by molar-refractivity contribution is 0.0877. The molecule has 0 N–H and O–H groups in total. The van der Waals surface area contributed by atoms with Crippen LogP contribution in [0.2, 0.25) is 0 Å². The van der Waals surface area contributed by atoms with Crippen LogP contribution in [0.5, 0.6) is 11.5 Å². The van der Waals surface area contributed by atoms with Gasteiger partial charge >= 0.3 is 0 Å². The second kappa shape index (κ2) is 9.89. The molecule has 7 aromatic carbocycles. The van der Waals surface area contributed by atoms with Gasteiger partial charge in [0.25, 0.3) is 23.6 Å². The van der Waals surface area contributed by atoms with Crippen molar-refractivity contribution in [1.29, 1.82) is 0 Å². The van der Waals surface area contributed by atoms with Crippen molar-refractivity contribution in [1.82, 2.24) is 0 Å². The number of benzene rings is 7. The zero-order chi connectivity index (χ0) is 32.8. The van der Waals surface area contributed by atoms with Crippen LogP contribution in [0, 0.1) is 12.5 Å². The zero-order valence-corrected chi connectivity index (χ0v) is 25.4. The summed E-state index contributed by atoms with van der Waals surface area (Å²) in [6, 6.07) is 27.9. The monoisotopic (exact) mass is 630 g/mol. The third-order valence-electron chi connectivity index (χ3n) is 9.31. The van der Waals surface area contributed by atoms with Crippen molar-refractivity contribution >= 4 is 78.1 Å². The molecule has 2 aliphatic heterocycles. The highest BCUT2D eigenvalue weighted by Crippen LogP contribution is 2.47. The summed E-state index contributed by atoms with van der Waals surface area (Å²) >= 11 is 0. The van der Waals surface area contributed by atoms with Crippen LogP contribution in [0.1, 0.15) is 51.2 Å². The van der Waals surface area contributed by atoms with E-state index in [2.05, 4.69) is 6.11 Å². The van der Waals surface area contributed by atoms with E-state index in [-0.39, 0.29) is 2.85 Å². The van der Waals surface area contributed by atoms with E-state index in [1.54, 1.807) is 72.8 Å². The number of imide groups is 2. The summed E-state index contributed by atoms with van der Waals surface area (Å²) in [7, 11) is 0. The molecule has 0 saturated carbocycles. The summed E-state index contributed by atoms with van der Waals surface area (Å²) in [5.41, 5.74) is 2.50. The maximum absolute atomic E-state index is 14.0. The van der Waals surface area contributed by atoms with Crippen molar-refractivity contribution in [2.45, 2.75) is 6.92 Å². The molecular weight excluding hydrogens is 604 g/mol. The molecule has 0 atom stereocenters. The largest absolute Gasteiger partial charge is 0.494 e. The predicted molar refractivity (Wildman–Crippen MR) is 188 cm³/mol. The van der Waals surface area contributed by atoms with E-state index < -0.39 is 23.6 Å². The highest BCUT2D eigenvalue weighted by atomic mass is 16.5. The van der Waals surface area contributed by atoms with Crippen LogP contribution in [0.4, 0.5) is 11.4 Å². The number of hydrogen-bond acceptors (Lipinski definition) is 6. The van der Waals surface area contributed by atoms with E-state index in [0.717, 1.165) is 37.2 Å². The van der Waals surface area contributed by atoms with Crippen molar-refractivity contribution in [3.05, 3.63) is 119 Å². The summed E-state index contributed by atoms with van der Waals surface area (Å²) in [4.78, 5) is 58.2. The SMILES string of the molecule is C#COc1ccc(N2C(=O)c3ccc4c5ccc6c7c(ccc(c8ccc(c3c48)C2=O)c75)C(=O)N(c2ccc(OCC)cc2)C6=O)cc1.[HH].[HH]. The van der Waals surface area contributed by atoms with Crippen LogP contribution in [0.15, 0.2) is 97.1 Å². The minimum atomic E-state index is -0.441. The molecule has 232 valence electrons. The van der Waals surface area contributed by atoms with Gasteiger partial charge in [-0.1, -0.05) is 30.7 Å². The normalized spacial score (nSPS) is 14.1. The van der Waals surface area contributed by atoms with Crippen molar-refractivity contribution < 1.29 is 31.5 Å². The Morgan fingerprint density at radius 1 is 0.521 bits per heavy atom. The van der Waals surface area contributed by atoms with Crippen LogP contribution >= 0.6 is 0 Å². The third kappa shape index (κ3) is 3.55. The van der Waals surface area contributed by atoms with Gasteiger partial charge in [0.15, 0.2) is 0 Å². The van der Waals surface area contributed by atoms with Gasteiger partial charge in [0.1, 0.15) is 17.6 Å². The molecular formula is C40H26N2O6. The fourth-order valence-electron chi connectivity index (χ4n) is 7.33. The van der Waals surface area contributed by atoms with E-state index in [1.807, 2.05) is 31.2 Å². The number of nitrogens with zero attached hydrogens (tertiary/aromatic N) is 2. The predicted octanol–water partition coefficient (Wildman–Crippen LogP) is 8.20. The first-order valence-corrected chi connectivity index (χ1v) is 15.3. The molecule has 2 aliphatic rings. The topological polar surface area (TPSA) is 93.2 Å². The average molecular weight is 631 g/mol. The molecule has 0 unspecified atom stereocenters. The van der Waals surface area contributed by atoms with Crippen LogP contribution in [-0.4, -0.2) is 30.2 Å². The summed E-state index contributed by atoms with van der Waals surface area (Å²) in [5, 5.41) is 6.03. The smallest absolute Gasteiger partial charge is 0.265 e. The summed E-state index contributed by atoms with van der Waals surface area (Å²) < 4.78 is 10.6. The van der Waals surface area contributed by atoms with Gasteiger partial charge in [-0.2, -0.15) is 0 Å². The lowest BCUT2D eigenvalue weighted by Crippen LogP contribution is -2.40. The quantitative estimate of drug-likeness (QED) is 0.0824. The summed E-state index contributed by atoms with van der Waals surface area (Å²) in [6.07, 6.45) is 7.33. The standard InChI is InChI=1S/C40H22N2O6.2H2/c1-3-47-23-9-5-21(6-10-23)41-37(43)29-17-13-25-27-15-19-31-36-32(40(46)42(39(31)45)22-7-11-24(12-8-22)48-4-2)20-16-28(34(27)36)26-14-18-30(38(41)44)35(29)33(25)26;;/h1,5-20H,4H2,2H3;2*1H. The van der Waals surface area contributed by atoms with Gasteiger partial charge in [-0.15, -0.1) is 0 Å². The minimum Gasteiger partial charge on any atom is -0.494 e. The maximum atomic E-state index is 14.0. The molecule has 9 rings (SSSR count). The molecule has 0 saturated heterocycles. The van der Waals surface area contributed by atoms with Gasteiger partial charge in [-0.3, -0.25) is 19.2 Å². The Kier molecular flexibility index (Phi) is 5.68. The molecule has 7 aromatic rings. The summed E-state index contributed by atoms with van der Waals surface area (Å²) in [6.45, 7) is 2.39. The molecule has 0 aliphatic carbocycles. The number of fused-ring (bicyclic) bond motifs is 2. The minimum absolute atomic E-state index is 0. The number of amides is 4. The van der Waals surface area contributed by atoms with Gasteiger partial charge in [0.05, 0.1) is 18.0 Å². The molecule has 0 radical (unpaired) electrons. The van der Waals surface area contributed by atoms with E-state index in [4.69, 9.17) is 15.9 Å². The van der Waals surface area contributed by atoms with Crippen LogP contribution in [-0.2, 0) is 0 Å². The summed E-state index contributed by atoms with van der Waals surface area (Å²) in [5.74, 6) is -0.634. The third-order valence-corrected chi connectivity index (χ3v) is 9.31. The average Bonchev–Trinajstić information content (AvgIpc) is 3.10. The van der Waals surface area contributed by atoms with E-state index in [9.17, 15) is 19.2 Å². The molecule has 0 fully saturated rings. The molecule has 0 aromatic heterocycles. The Bertz CT molecular complexity index is 2530. The van der Waals surface area contributed by atoms with Crippen molar-refractivity contribution in [3.8, 4) is 24.0 Å². The highest BCUT2D eigenvalue weighted by molar-refractivity contribution is 6.45. The number of hydrogen-bond donors (Lipinski definition) is 0. The molecule has 8 heteroatoms. The molecule has 0 bridgehead atoms. The van der Waals surface area contributed by atoms with Gasteiger partial charge in [-0.25, -0.2) is 9.80 Å². The van der Waals surface area contributed by atoms with E-state index in [0.29, 0.717) is 62.5 Å². The van der Waals surface area contributed by atoms with Crippen LogP contribution in [0.3, 0.4) is 0 Å². The molecule has 2 heterocycles. The number of carbonyl (C=O) groups is 4. The Morgan fingerprint density at radius 2 is 0.875 bits per heavy atom. The van der Waals surface area contributed by atoms with Gasteiger partial charge in [0, 0.05) is 35.9 Å². The van der Waals surface area contributed by atoms with E-state index >= 15 is 0 Å². The second-order valence-corrected chi connectivity index (χ2v) is 11.7. The lowest BCUT2D eigenvalue weighted by Gasteiger charge is -2.30.